The largest absolute Gasteiger partial charge is 0.458 e. The van der Waals surface area contributed by atoms with E-state index in [0.717, 1.165) is 22.0 Å². The summed E-state index contributed by atoms with van der Waals surface area (Å²) in [5.74, 6) is -0.718. The number of fused-ring (bicyclic) bond motifs is 5. The van der Waals surface area contributed by atoms with E-state index in [-0.39, 0.29) is 18.6 Å². The lowest BCUT2D eigenvalue weighted by Gasteiger charge is -2.31. The summed E-state index contributed by atoms with van der Waals surface area (Å²) in [6.45, 7) is 2.39. The van der Waals surface area contributed by atoms with Gasteiger partial charge >= 0.3 is 5.97 Å². The number of pyridine rings is 2. The summed E-state index contributed by atoms with van der Waals surface area (Å²) in [6.07, 6.45) is 0.125. The fraction of sp³-hybridized carbons (Fsp3) is 0.286. The lowest BCUT2D eigenvalue weighted by molar-refractivity contribution is -0.172. The molecule has 2 aliphatic heterocycles. The smallest absolute Gasteiger partial charge is 0.343 e. The Hall–Kier alpha value is -3.03. The molecule has 4 heterocycles. The van der Waals surface area contributed by atoms with Crippen molar-refractivity contribution in [3.8, 4) is 11.4 Å². The van der Waals surface area contributed by atoms with Crippen LogP contribution in [0.3, 0.4) is 0 Å². The summed E-state index contributed by atoms with van der Waals surface area (Å²) >= 11 is 0. The normalized spacial score (nSPS) is 19.9. The SMILES string of the molecule is CCC1(O)C(=O)OCc2c1cc1n(c2=O)Cc2cc3ccc(CN)cc3nc2-1. The van der Waals surface area contributed by atoms with Crippen molar-refractivity contribution in [1.82, 2.24) is 9.55 Å². The first-order valence-electron chi connectivity index (χ1n) is 9.26. The molecule has 7 nitrogen and oxygen atoms in total. The van der Waals surface area contributed by atoms with Crippen LogP contribution in [0.15, 0.2) is 35.1 Å². The topological polar surface area (TPSA) is 107 Å². The zero-order valence-electron chi connectivity index (χ0n) is 15.4. The number of nitrogens with two attached hydrogens (primary N) is 1. The number of hydrogen-bond donors (Lipinski definition) is 2. The second-order valence-electron chi connectivity index (χ2n) is 7.33. The van der Waals surface area contributed by atoms with E-state index < -0.39 is 11.6 Å². The Labute approximate surface area is 160 Å². The monoisotopic (exact) mass is 377 g/mol. The minimum Gasteiger partial charge on any atom is -0.458 e. The van der Waals surface area contributed by atoms with Gasteiger partial charge in [0.05, 0.1) is 29.0 Å². The minimum absolute atomic E-state index is 0.124. The number of ether oxygens (including phenoxy) is 1. The second kappa shape index (κ2) is 5.73. The first-order valence-corrected chi connectivity index (χ1v) is 9.26. The Morgan fingerprint density at radius 3 is 2.86 bits per heavy atom. The lowest BCUT2D eigenvalue weighted by Crippen LogP contribution is -2.44. The molecule has 0 amide bonds. The number of benzene rings is 1. The molecular formula is C21H19N3O4. The van der Waals surface area contributed by atoms with Gasteiger partial charge in [-0.3, -0.25) is 4.79 Å². The number of rotatable bonds is 2. The molecule has 0 spiro atoms. The van der Waals surface area contributed by atoms with Crippen molar-refractivity contribution < 1.29 is 14.6 Å². The number of aliphatic hydroxyl groups is 1. The van der Waals surface area contributed by atoms with E-state index >= 15 is 0 Å². The summed E-state index contributed by atoms with van der Waals surface area (Å²) in [5, 5.41) is 11.9. The van der Waals surface area contributed by atoms with Crippen LogP contribution in [-0.2, 0) is 34.8 Å². The molecule has 2 aliphatic rings. The summed E-state index contributed by atoms with van der Waals surface area (Å²) in [4.78, 5) is 30.1. The number of carbonyl (C=O) groups is 1. The Kier molecular flexibility index (Phi) is 3.50. The van der Waals surface area contributed by atoms with Gasteiger partial charge in [-0.25, -0.2) is 9.78 Å². The van der Waals surface area contributed by atoms with E-state index in [0.29, 0.717) is 35.6 Å². The van der Waals surface area contributed by atoms with Crippen LogP contribution in [0.4, 0.5) is 0 Å². The fourth-order valence-electron chi connectivity index (χ4n) is 4.15. The molecule has 1 unspecified atom stereocenters. The highest BCUT2D eigenvalue weighted by molar-refractivity contribution is 5.86. The molecular weight excluding hydrogens is 358 g/mol. The van der Waals surface area contributed by atoms with Crippen molar-refractivity contribution in [2.75, 3.05) is 0 Å². The van der Waals surface area contributed by atoms with E-state index in [2.05, 4.69) is 0 Å². The third-order valence-corrected chi connectivity index (χ3v) is 5.81. The predicted molar refractivity (Wildman–Crippen MR) is 102 cm³/mol. The standard InChI is InChI=1S/C21H19N3O4/c1-2-21(27)15-7-17-18-13(6-12-4-3-11(8-22)5-16(12)23-18)9-24(17)19(25)14(15)10-28-20(21)26/h3-7,27H,2,8-10,22H2,1H3. The van der Waals surface area contributed by atoms with Gasteiger partial charge in [-0.1, -0.05) is 19.1 Å². The van der Waals surface area contributed by atoms with Crippen LogP contribution < -0.4 is 11.3 Å². The van der Waals surface area contributed by atoms with Gasteiger partial charge in [-0.05, 0) is 30.2 Å². The predicted octanol–water partition coefficient (Wildman–Crippen LogP) is 1.54. The molecule has 0 bridgehead atoms. The summed E-state index contributed by atoms with van der Waals surface area (Å²) < 4.78 is 6.72. The number of esters is 1. The van der Waals surface area contributed by atoms with Crippen LogP contribution >= 0.6 is 0 Å². The third kappa shape index (κ3) is 2.14. The molecule has 5 rings (SSSR count). The molecule has 2 aromatic heterocycles. The molecule has 1 atom stereocenters. The number of carbonyl (C=O) groups excluding carboxylic acids is 1. The maximum absolute atomic E-state index is 13.1. The van der Waals surface area contributed by atoms with E-state index in [1.807, 2.05) is 24.3 Å². The fourth-order valence-corrected chi connectivity index (χ4v) is 4.15. The first kappa shape index (κ1) is 17.1. The first-order chi connectivity index (χ1) is 13.5. The third-order valence-electron chi connectivity index (χ3n) is 5.81. The summed E-state index contributed by atoms with van der Waals surface area (Å²) in [5.41, 5.74) is 8.34. The number of nitrogens with zero attached hydrogens (tertiary/aromatic N) is 2. The molecule has 142 valence electrons. The van der Waals surface area contributed by atoms with Crippen molar-refractivity contribution in [2.24, 2.45) is 5.73 Å². The average molecular weight is 377 g/mol. The van der Waals surface area contributed by atoms with Crippen LogP contribution in [0.5, 0.6) is 0 Å². The van der Waals surface area contributed by atoms with Crippen LogP contribution in [0.1, 0.15) is 35.6 Å². The highest BCUT2D eigenvalue weighted by Gasteiger charge is 2.45. The van der Waals surface area contributed by atoms with Crippen LogP contribution in [0.25, 0.3) is 22.3 Å². The van der Waals surface area contributed by atoms with E-state index in [1.165, 1.54) is 0 Å². The minimum atomic E-state index is -1.81. The second-order valence-corrected chi connectivity index (χ2v) is 7.33. The van der Waals surface area contributed by atoms with E-state index in [9.17, 15) is 14.7 Å². The van der Waals surface area contributed by atoms with Crippen LogP contribution in [0, 0.1) is 0 Å². The molecule has 0 fully saturated rings. The molecule has 0 saturated carbocycles. The molecule has 0 aliphatic carbocycles. The Morgan fingerprint density at radius 2 is 2.11 bits per heavy atom. The highest BCUT2D eigenvalue weighted by atomic mass is 16.6. The van der Waals surface area contributed by atoms with Gasteiger partial charge in [0.2, 0.25) is 0 Å². The molecule has 1 aromatic carbocycles. The highest BCUT2D eigenvalue weighted by Crippen LogP contribution is 2.38. The van der Waals surface area contributed by atoms with Crippen LogP contribution in [-0.4, -0.2) is 20.6 Å². The maximum Gasteiger partial charge on any atom is 0.343 e. The number of aromatic nitrogens is 2. The molecule has 7 heteroatoms. The molecule has 3 aromatic rings. The van der Waals surface area contributed by atoms with Gasteiger partial charge in [0, 0.05) is 23.1 Å². The van der Waals surface area contributed by atoms with Crippen molar-refractivity contribution >= 4 is 16.9 Å². The zero-order chi connectivity index (χ0) is 19.6. The maximum atomic E-state index is 13.1. The zero-order valence-corrected chi connectivity index (χ0v) is 15.4. The van der Waals surface area contributed by atoms with Crippen molar-refractivity contribution in [2.45, 2.75) is 38.6 Å². The Morgan fingerprint density at radius 1 is 1.29 bits per heavy atom. The lowest BCUT2D eigenvalue weighted by atomic mass is 9.86. The van der Waals surface area contributed by atoms with E-state index in [4.69, 9.17) is 15.5 Å². The van der Waals surface area contributed by atoms with Crippen molar-refractivity contribution in [1.29, 1.82) is 0 Å². The van der Waals surface area contributed by atoms with Gasteiger partial charge in [0.1, 0.15) is 6.61 Å². The van der Waals surface area contributed by atoms with Gasteiger partial charge < -0.3 is 20.1 Å². The van der Waals surface area contributed by atoms with E-state index in [1.54, 1.807) is 17.6 Å². The van der Waals surface area contributed by atoms with Gasteiger partial charge in [0.25, 0.3) is 5.56 Å². The Bertz CT molecular complexity index is 1230. The van der Waals surface area contributed by atoms with Gasteiger partial charge in [-0.2, -0.15) is 0 Å². The Balaban J connectivity index is 1.78. The van der Waals surface area contributed by atoms with Crippen molar-refractivity contribution in [3.63, 3.8) is 0 Å². The van der Waals surface area contributed by atoms with Crippen LogP contribution in [0.2, 0.25) is 0 Å². The average Bonchev–Trinajstić information content (AvgIpc) is 3.07. The molecule has 0 saturated heterocycles. The van der Waals surface area contributed by atoms with Gasteiger partial charge in [0.15, 0.2) is 5.60 Å². The quantitative estimate of drug-likeness (QED) is 0.513. The summed E-state index contributed by atoms with van der Waals surface area (Å²) in [6, 6.07) is 9.63. The molecule has 0 radical (unpaired) electrons. The summed E-state index contributed by atoms with van der Waals surface area (Å²) in [7, 11) is 0. The molecule has 3 N–H and O–H groups in total. The molecule has 28 heavy (non-hydrogen) atoms. The van der Waals surface area contributed by atoms with Gasteiger partial charge in [-0.15, -0.1) is 0 Å². The number of hydrogen-bond acceptors (Lipinski definition) is 6. The number of cyclic esters (lactones) is 1. The van der Waals surface area contributed by atoms with Crippen molar-refractivity contribution in [3.05, 3.63) is 62.9 Å².